The van der Waals surface area contributed by atoms with Gasteiger partial charge in [-0.15, -0.1) is 0 Å². The molecule has 0 radical (unpaired) electrons. The highest BCUT2D eigenvalue weighted by Crippen LogP contribution is 2.61. The highest BCUT2D eigenvalue weighted by molar-refractivity contribution is 7.80. The maximum Gasteiger partial charge on any atom is 0.0802 e. The first-order valence-electron chi connectivity index (χ1n) is 8.06. The van der Waals surface area contributed by atoms with Crippen LogP contribution >= 0.6 is 12.2 Å². The van der Waals surface area contributed by atoms with Gasteiger partial charge in [0.2, 0.25) is 0 Å². The van der Waals surface area contributed by atoms with Gasteiger partial charge < -0.3 is 5.32 Å². The highest BCUT2D eigenvalue weighted by atomic mass is 32.1. The molecule has 0 spiro atoms. The van der Waals surface area contributed by atoms with E-state index in [0.29, 0.717) is 5.41 Å². The third-order valence-corrected chi connectivity index (χ3v) is 6.00. The monoisotopic (exact) mass is 285 g/mol. The third-order valence-electron chi connectivity index (χ3n) is 5.76. The van der Waals surface area contributed by atoms with Crippen LogP contribution in [0.25, 0.3) is 0 Å². The Balaban J connectivity index is 1.45. The molecule has 2 heteroatoms. The summed E-state index contributed by atoms with van der Waals surface area (Å²) in [7, 11) is 0. The highest BCUT2D eigenvalue weighted by Gasteiger charge is 2.50. The van der Waals surface area contributed by atoms with E-state index >= 15 is 0 Å². The maximum absolute atomic E-state index is 5.66. The van der Waals surface area contributed by atoms with E-state index in [0.717, 1.165) is 34.9 Å². The van der Waals surface area contributed by atoms with Crippen LogP contribution in [0.2, 0.25) is 0 Å². The van der Waals surface area contributed by atoms with Crippen LogP contribution in [0.1, 0.15) is 44.9 Å². The standard InChI is InChI=1S/C18H23NS/c20-17(19-16-4-2-1-3-5-16)12-18-9-13-6-14(10-18)8-15(7-13)11-18/h1-5,13-15H,6-12H2,(H,19,20). The lowest BCUT2D eigenvalue weighted by Gasteiger charge is -2.57. The predicted molar refractivity (Wildman–Crippen MR) is 87.9 cm³/mol. The Morgan fingerprint density at radius 2 is 1.55 bits per heavy atom. The van der Waals surface area contributed by atoms with Crippen molar-refractivity contribution in [2.24, 2.45) is 23.2 Å². The summed E-state index contributed by atoms with van der Waals surface area (Å²) >= 11 is 5.66. The van der Waals surface area contributed by atoms with E-state index in [9.17, 15) is 0 Å². The van der Waals surface area contributed by atoms with Crippen molar-refractivity contribution in [2.75, 3.05) is 5.32 Å². The number of hydrogen-bond acceptors (Lipinski definition) is 1. The van der Waals surface area contributed by atoms with Crippen molar-refractivity contribution in [1.29, 1.82) is 0 Å². The van der Waals surface area contributed by atoms with E-state index in [2.05, 4.69) is 29.6 Å². The topological polar surface area (TPSA) is 12.0 Å². The van der Waals surface area contributed by atoms with E-state index in [4.69, 9.17) is 12.2 Å². The quantitative estimate of drug-likeness (QED) is 0.781. The van der Waals surface area contributed by atoms with Gasteiger partial charge in [-0.1, -0.05) is 30.4 Å². The van der Waals surface area contributed by atoms with Crippen LogP contribution in [0, 0.1) is 23.2 Å². The number of thiocarbonyl (C=S) groups is 1. The van der Waals surface area contributed by atoms with E-state index in [1.165, 1.54) is 38.5 Å². The summed E-state index contributed by atoms with van der Waals surface area (Å²) < 4.78 is 0. The molecule has 0 heterocycles. The van der Waals surface area contributed by atoms with Gasteiger partial charge in [-0.3, -0.25) is 0 Å². The van der Waals surface area contributed by atoms with Gasteiger partial charge in [-0.25, -0.2) is 0 Å². The Morgan fingerprint density at radius 1 is 1.00 bits per heavy atom. The molecule has 0 unspecified atom stereocenters. The van der Waals surface area contributed by atoms with Gasteiger partial charge in [0, 0.05) is 12.1 Å². The van der Waals surface area contributed by atoms with Crippen molar-refractivity contribution >= 4 is 22.9 Å². The summed E-state index contributed by atoms with van der Waals surface area (Å²) in [5.41, 5.74) is 1.69. The summed E-state index contributed by atoms with van der Waals surface area (Å²) in [4.78, 5) is 1.05. The van der Waals surface area contributed by atoms with Gasteiger partial charge in [0.1, 0.15) is 0 Å². The Hall–Kier alpha value is -0.890. The molecule has 1 aromatic carbocycles. The van der Waals surface area contributed by atoms with Crippen molar-refractivity contribution < 1.29 is 0 Å². The minimum Gasteiger partial charge on any atom is -0.350 e. The third kappa shape index (κ3) is 2.39. The average molecular weight is 285 g/mol. The molecule has 20 heavy (non-hydrogen) atoms. The molecule has 4 saturated carbocycles. The van der Waals surface area contributed by atoms with Crippen LogP contribution in [-0.4, -0.2) is 4.99 Å². The fourth-order valence-electron chi connectivity index (χ4n) is 5.57. The SMILES string of the molecule is S=C(CC12CC3CC(CC(C3)C1)C2)Nc1ccccc1. The minimum atomic E-state index is 0.549. The second kappa shape index (κ2) is 4.84. The summed E-state index contributed by atoms with van der Waals surface area (Å²) in [6.07, 6.45) is 9.97. The predicted octanol–water partition coefficient (Wildman–Crippen LogP) is 5.03. The van der Waals surface area contributed by atoms with Crippen LogP contribution < -0.4 is 5.32 Å². The lowest BCUT2D eigenvalue weighted by atomic mass is 9.49. The number of hydrogen-bond donors (Lipinski definition) is 1. The van der Waals surface area contributed by atoms with Gasteiger partial charge in [0.15, 0.2) is 0 Å². The Morgan fingerprint density at radius 3 is 2.10 bits per heavy atom. The Bertz CT molecular complexity index is 472. The lowest BCUT2D eigenvalue weighted by Crippen LogP contribution is -2.47. The van der Waals surface area contributed by atoms with E-state index in [-0.39, 0.29) is 0 Å². The molecule has 0 amide bonds. The minimum absolute atomic E-state index is 0.549. The van der Waals surface area contributed by atoms with E-state index in [1.807, 2.05) is 6.07 Å². The summed E-state index contributed by atoms with van der Waals surface area (Å²) in [6, 6.07) is 10.4. The first kappa shape index (κ1) is 12.8. The Kier molecular flexibility index (Phi) is 3.10. The van der Waals surface area contributed by atoms with Crippen LogP contribution in [0.4, 0.5) is 5.69 Å². The molecule has 106 valence electrons. The van der Waals surface area contributed by atoms with Crippen LogP contribution in [0.15, 0.2) is 30.3 Å². The van der Waals surface area contributed by atoms with Crippen molar-refractivity contribution in [3.63, 3.8) is 0 Å². The molecule has 4 bridgehead atoms. The van der Waals surface area contributed by atoms with Gasteiger partial charge in [0.25, 0.3) is 0 Å². The smallest absolute Gasteiger partial charge is 0.0802 e. The Labute approximate surface area is 127 Å². The summed E-state index contributed by atoms with van der Waals surface area (Å²) in [6.45, 7) is 0. The largest absolute Gasteiger partial charge is 0.350 e. The molecule has 4 aliphatic rings. The second-order valence-corrected chi connectivity index (χ2v) is 8.00. The van der Waals surface area contributed by atoms with Crippen molar-refractivity contribution in [3.05, 3.63) is 30.3 Å². The number of anilines is 1. The van der Waals surface area contributed by atoms with Gasteiger partial charge in [-0.05, 0) is 73.8 Å². The molecule has 4 fully saturated rings. The van der Waals surface area contributed by atoms with Gasteiger partial charge in [-0.2, -0.15) is 0 Å². The van der Waals surface area contributed by atoms with Crippen molar-refractivity contribution in [2.45, 2.75) is 44.9 Å². The molecule has 4 aliphatic carbocycles. The number of para-hydroxylation sites is 1. The fraction of sp³-hybridized carbons (Fsp3) is 0.611. The molecule has 5 rings (SSSR count). The maximum atomic E-state index is 5.66. The van der Waals surface area contributed by atoms with Crippen molar-refractivity contribution in [1.82, 2.24) is 0 Å². The van der Waals surface area contributed by atoms with Crippen LogP contribution in [0.5, 0.6) is 0 Å². The molecule has 0 aliphatic heterocycles. The molecule has 0 aromatic heterocycles. The van der Waals surface area contributed by atoms with Gasteiger partial charge in [0.05, 0.1) is 4.99 Å². The molecule has 0 saturated heterocycles. The van der Waals surface area contributed by atoms with Crippen LogP contribution in [-0.2, 0) is 0 Å². The second-order valence-electron chi connectivity index (χ2n) is 7.51. The molecule has 1 aromatic rings. The molecule has 1 N–H and O–H groups in total. The molecular weight excluding hydrogens is 262 g/mol. The summed E-state index contributed by atoms with van der Waals surface area (Å²) in [5.74, 6) is 3.04. The average Bonchev–Trinajstić information content (AvgIpc) is 2.37. The van der Waals surface area contributed by atoms with E-state index < -0.39 is 0 Å². The number of benzene rings is 1. The number of nitrogens with one attached hydrogen (secondary N) is 1. The van der Waals surface area contributed by atoms with Crippen molar-refractivity contribution in [3.8, 4) is 0 Å². The zero-order chi connectivity index (χ0) is 13.6. The fourth-order valence-corrected chi connectivity index (χ4v) is 6.00. The zero-order valence-electron chi connectivity index (χ0n) is 12.0. The zero-order valence-corrected chi connectivity index (χ0v) is 12.8. The first-order chi connectivity index (χ1) is 9.71. The lowest BCUT2D eigenvalue weighted by molar-refractivity contribution is -0.0478. The molecule has 0 atom stereocenters. The van der Waals surface area contributed by atoms with Crippen LogP contribution in [0.3, 0.4) is 0 Å². The number of rotatable bonds is 3. The molecular formula is C18H23NS. The van der Waals surface area contributed by atoms with E-state index in [1.54, 1.807) is 0 Å². The molecule has 1 nitrogen and oxygen atoms in total. The summed E-state index contributed by atoms with van der Waals surface area (Å²) in [5, 5.41) is 3.45. The van der Waals surface area contributed by atoms with Gasteiger partial charge >= 0.3 is 0 Å². The first-order valence-corrected chi connectivity index (χ1v) is 8.47. The normalized spacial score (nSPS) is 37.9.